The van der Waals surface area contributed by atoms with Crippen LogP contribution in [0.4, 0.5) is 6.01 Å². The van der Waals surface area contributed by atoms with E-state index < -0.39 is 0 Å². The Kier molecular flexibility index (Phi) is 3.72. The molecule has 1 aliphatic heterocycles. The van der Waals surface area contributed by atoms with Gasteiger partial charge in [-0.25, -0.2) is 0 Å². The lowest BCUT2D eigenvalue weighted by Crippen LogP contribution is -2.22. The molecular formula is C19H17N3O3. The number of fused-ring (bicyclic) bond motifs is 1. The maximum absolute atomic E-state index is 12.4. The Balaban J connectivity index is 1.48. The number of anilines is 1. The Labute approximate surface area is 144 Å². The van der Waals surface area contributed by atoms with E-state index in [0.717, 1.165) is 22.2 Å². The van der Waals surface area contributed by atoms with Crippen LogP contribution in [0.15, 0.2) is 52.0 Å². The highest BCUT2D eigenvalue weighted by Gasteiger charge is 2.28. The molecule has 1 amide bonds. The summed E-state index contributed by atoms with van der Waals surface area (Å²) in [6, 6.07) is 13.8. The summed E-state index contributed by atoms with van der Waals surface area (Å²) in [5.41, 5.74) is 4.78. The van der Waals surface area contributed by atoms with Crippen molar-refractivity contribution in [2.75, 3.05) is 5.32 Å². The summed E-state index contributed by atoms with van der Waals surface area (Å²) in [4.78, 5) is 22.1. The molecule has 25 heavy (non-hydrogen) atoms. The third kappa shape index (κ3) is 2.98. The molecule has 2 aromatic carbocycles. The topological polar surface area (TPSA) is 76.7 Å². The molecule has 0 saturated carbocycles. The quantitative estimate of drug-likeness (QED) is 0.787. The number of aryl methyl sites for hydroxylation is 2. The van der Waals surface area contributed by atoms with Crippen molar-refractivity contribution in [2.45, 2.75) is 26.4 Å². The van der Waals surface area contributed by atoms with Gasteiger partial charge in [-0.1, -0.05) is 41.6 Å². The molecule has 6 nitrogen and oxygen atoms in total. The number of carbonyl (C=O) groups is 1. The lowest BCUT2D eigenvalue weighted by molar-refractivity contribution is -0.110. The van der Waals surface area contributed by atoms with E-state index in [9.17, 15) is 4.79 Å². The molecule has 0 bridgehead atoms. The second-order valence-electron chi connectivity index (χ2n) is 6.15. The van der Waals surface area contributed by atoms with Crippen molar-refractivity contribution >= 4 is 28.7 Å². The van der Waals surface area contributed by atoms with E-state index >= 15 is 0 Å². The van der Waals surface area contributed by atoms with Crippen molar-refractivity contribution < 1.29 is 14.0 Å². The number of hydrogen-bond acceptors (Lipinski definition) is 5. The average molecular weight is 335 g/mol. The first-order valence-electron chi connectivity index (χ1n) is 8.07. The molecule has 2 heterocycles. The summed E-state index contributed by atoms with van der Waals surface area (Å²) in [5, 5.41) is 6.57. The first kappa shape index (κ1) is 15.4. The minimum absolute atomic E-state index is 0.166. The van der Waals surface area contributed by atoms with Gasteiger partial charge < -0.3 is 9.25 Å². The van der Waals surface area contributed by atoms with Crippen molar-refractivity contribution in [3.63, 3.8) is 0 Å². The summed E-state index contributed by atoms with van der Waals surface area (Å²) in [7, 11) is 0. The number of aromatic nitrogens is 1. The molecule has 1 atom stereocenters. The molecule has 4 rings (SSSR count). The van der Waals surface area contributed by atoms with Crippen LogP contribution in [-0.4, -0.2) is 16.6 Å². The van der Waals surface area contributed by atoms with Crippen molar-refractivity contribution in [3.05, 3.63) is 59.2 Å². The number of oxime groups is 1. The summed E-state index contributed by atoms with van der Waals surface area (Å²) >= 11 is 0. The van der Waals surface area contributed by atoms with Crippen LogP contribution in [-0.2, 0) is 9.63 Å². The molecule has 0 aliphatic carbocycles. The smallest absolute Gasteiger partial charge is 0.302 e. The summed E-state index contributed by atoms with van der Waals surface area (Å²) < 4.78 is 5.66. The number of nitrogens with one attached hydrogen (secondary N) is 1. The van der Waals surface area contributed by atoms with Crippen LogP contribution in [0.3, 0.4) is 0 Å². The molecule has 0 spiro atoms. The van der Waals surface area contributed by atoms with Crippen LogP contribution >= 0.6 is 0 Å². The lowest BCUT2D eigenvalue weighted by Gasteiger charge is -2.07. The number of rotatable bonds is 3. The van der Waals surface area contributed by atoms with E-state index in [1.54, 1.807) is 0 Å². The molecule has 126 valence electrons. The van der Waals surface area contributed by atoms with Crippen molar-refractivity contribution in [2.24, 2.45) is 5.16 Å². The predicted molar refractivity (Wildman–Crippen MR) is 94.4 cm³/mol. The molecule has 6 heteroatoms. The van der Waals surface area contributed by atoms with E-state index in [2.05, 4.69) is 15.5 Å². The zero-order valence-corrected chi connectivity index (χ0v) is 13.9. The fourth-order valence-corrected chi connectivity index (χ4v) is 2.96. The van der Waals surface area contributed by atoms with E-state index in [4.69, 9.17) is 9.25 Å². The molecule has 1 N–H and O–H groups in total. The molecular weight excluding hydrogens is 318 g/mol. The highest BCUT2D eigenvalue weighted by molar-refractivity contribution is 6.43. The standard InChI is InChI=1S/C19H17N3O3/c1-11-8-12(2)17-14(9-11)20-19(24-17)21-18(23)15-10-16(25-22-15)13-6-4-3-5-7-13/h3-9,16H,10H2,1-2H3,(H,20,21,23). The van der Waals surface area contributed by atoms with Crippen molar-refractivity contribution in [1.29, 1.82) is 0 Å². The fourth-order valence-electron chi connectivity index (χ4n) is 2.96. The van der Waals surface area contributed by atoms with Crippen LogP contribution in [0, 0.1) is 13.8 Å². The molecule has 0 saturated heterocycles. The zero-order valence-electron chi connectivity index (χ0n) is 13.9. The van der Waals surface area contributed by atoms with Gasteiger partial charge in [-0.15, -0.1) is 0 Å². The summed E-state index contributed by atoms with van der Waals surface area (Å²) in [6.45, 7) is 3.94. The van der Waals surface area contributed by atoms with Gasteiger partial charge in [0.05, 0.1) is 0 Å². The average Bonchev–Trinajstić information content (AvgIpc) is 3.22. The monoisotopic (exact) mass is 335 g/mol. The fraction of sp³-hybridized carbons (Fsp3) is 0.211. The Morgan fingerprint density at radius 2 is 2.00 bits per heavy atom. The largest absolute Gasteiger partial charge is 0.423 e. The highest BCUT2D eigenvalue weighted by atomic mass is 16.6. The minimum Gasteiger partial charge on any atom is -0.423 e. The summed E-state index contributed by atoms with van der Waals surface area (Å²) in [5.74, 6) is -0.362. The number of benzene rings is 2. The number of amides is 1. The summed E-state index contributed by atoms with van der Waals surface area (Å²) in [6.07, 6.45) is 0.171. The van der Waals surface area contributed by atoms with Gasteiger partial charge in [-0.2, -0.15) is 4.98 Å². The molecule has 1 aliphatic rings. The first-order valence-corrected chi connectivity index (χ1v) is 8.07. The van der Waals surface area contributed by atoms with Crippen LogP contribution in [0.25, 0.3) is 11.1 Å². The second kappa shape index (κ2) is 6.05. The third-order valence-electron chi connectivity index (χ3n) is 4.14. The van der Waals surface area contributed by atoms with Crippen molar-refractivity contribution in [1.82, 2.24) is 4.98 Å². The number of oxazole rings is 1. The van der Waals surface area contributed by atoms with Gasteiger partial charge in [-0.05, 0) is 36.6 Å². The maximum atomic E-state index is 12.4. The normalized spacial score (nSPS) is 16.6. The van der Waals surface area contributed by atoms with Gasteiger partial charge in [-0.3, -0.25) is 10.1 Å². The Bertz CT molecular complexity index is 976. The van der Waals surface area contributed by atoms with Gasteiger partial charge in [0, 0.05) is 6.42 Å². The third-order valence-corrected chi connectivity index (χ3v) is 4.14. The van der Waals surface area contributed by atoms with Crippen LogP contribution in [0.1, 0.15) is 29.2 Å². The van der Waals surface area contributed by atoms with Gasteiger partial charge in [0.2, 0.25) is 0 Å². The maximum Gasteiger partial charge on any atom is 0.302 e. The highest BCUT2D eigenvalue weighted by Crippen LogP contribution is 2.28. The lowest BCUT2D eigenvalue weighted by atomic mass is 10.0. The van der Waals surface area contributed by atoms with E-state index in [1.165, 1.54) is 0 Å². The van der Waals surface area contributed by atoms with Crippen LogP contribution in [0.2, 0.25) is 0 Å². The van der Waals surface area contributed by atoms with Crippen molar-refractivity contribution in [3.8, 4) is 0 Å². The molecule has 1 aromatic heterocycles. The molecule has 0 radical (unpaired) electrons. The van der Waals surface area contributed by atoms with Gasteiger partial charge in [0.25, 0.3) is 5.91 Å². The SMILES string of the molecule is Cc1cc(C)c2oc(NC(=O)C3=NOC(c4ccccc4)C3)nc2c1. The Hall–Kier alpha value is -3.15. The second-order valence-corrected chi connectivity index (χ2v) is 6.15. The molecule has 3 aromatic rings. The van der Waals surface area contributed by atoms with E-state index in [0.29, 0.717) is 17.7 Å². The zero-order chi connectivity index (χ0) is 17.4. The number of carbonyl (C=O) groups excluding carboxylic acids is 1. The number of nitrogens with zero attached hydrogens (tertiary/aromatic N) is 2. The van der Waals surface area contributed by atoms with Gasteiger partial charge in [0.15, 0.2) is 11.7 Å². The molecule has 0 fully saturated rings. The van der Waals surface area contributed by atoms with Gasteiger partial charge >= 0.3 is 6.01 Å². The predicted octanol–water partition coefficient (Wildman–Crippen LogP) is 3.90. The Morgan fingerprint density at radius 1 is 1.20 bits per heavy atom. The van der Waals surface area contributed by atoms with E-state index in [1.807, 2.05) is 56.3 Å². The van der Waals surface area contributed by atoms with E-state index in [-0.39, 0.29) is 18.0 Å². The number of hydrogen-bond donors (Lipinski definition) is 1. The van der Waals surface area contributed by atoms with Crippen LogP contribution < -0.4 is 5.32 Å². The minimum atomic E-state index is -0.362. The Morgan fingerprint density at radius 3 is 2.80 bits per heavy atom. The van der Waals surface area contributed by atoms with Crippen LogP contribution in [0.5, 0.6) is 0 Å². The first-order chi connectivity index (χ1) is 12.1. The molecule has 1 unspecified atom stereocenters. The van der Waals surface area contributed by atoms with Gasteiger partial charge in [0.1, 0.15) is 11.2 Å².